The van der Waals surface area contributed by atoms with E-state index in [1.807, 2.05) is 25.1 Å². The lowest BCUT2D eigenvalue weighted by atomic mass is 10.1. The first-order chi connectivity index (χ1) is 17.8. The molecule has 37 heavy (non-hydrogen) atoms. The van der Waals surface area contributed by atoms with Crippen LogP contribution < -0.4 is 15.0 Å². The number of nitrogens with zero attached hydrogens (tertiary/aromatic N) is 3. The Labute approximate surface area is 229 Å². The minimum Gasteiger partial charge on any atom is -0.493 e. The Morgan fingerprint density at radius 1 is 1.11 bits per heavy atom. The zero-order valence-corrected chi connectivity index (χ0v) is 23.2. The van der Waals surface area contributed by atoms with Gasteiger partial charge in [-0.15, -0.1) is 0 Å². The van der Waals surface area contributed by atoms with E-state index in [2.05, 4.69) is 41.9 Å². The first-order valence-electron chi connectivity index (χ1n) is 11.4. The number of ether oxygens (including phenoxy) is 2. The quantitative estimate of drug-likeness (QED) is 0.227. The van der Waals surface area contributed by atoms with Gasteiger partial charge in [0.25, 0.3) is 5.56 Å². The number of carbonyl (C=O) groups is 1. The van der Waals surface area contributed by atoms with E-state index >= 15 is 0 Å². The number of hydrogen-bond donors (Lipinski definition) is 1. The highest BCUT2D eigenvalue weighted by Gasteiger charge is 2.14. The number of aryl methyl sites for hydroxylation is 1. The molecule has 0 spiro atoms. The number of hydrogen-bond acceptors (Lipinski definition) is 6. The van der Waals surface area contributed by atoms with Gasteiger partial charge >= 0.3 is 5.97 Å². The Kier molecular flexibility index (Phi) is 8.40. The Morgan fingerprint density at radius 3 is 2.54 bits per heavy atom. The number of carboxylic acid groups (broad SMARTS) is 1. The molecule has 0 radical (unpaired) electrons. The predicted molar refractivity (Wildman–Crippen MR) is 149 cm³/mol. The predicted octanol–water partition coefficient (Wildman–Crippen LogP) is 6.04. The monoisotopic (exact) mass is 627 g/mol. The van der Waals surface area contributed by atoms with Crippen molar-refractivity contribution in [2.24, 2.45) is 5.10 Å². The van der Waals surface area contributed by atoms with Gasteiger partial charge in [0.1, 0.15) is 12.4 Å². The standard InChI is InChI=1S/C27H23Br2N3O5/c1-3-4-24-31-22-10-9-19(28)12-21(22)26(33)32(24)30-14-18-11-20(29)13-23(36-2)25(18)37-15-16-5-7-17(8-6-16)27(34)35/h5-14H,3-4,15H2,1-2H3,(H,34,35). The molecule has 0 atom stereocenters. The van der Waals surface area contributed by atoms with E-state index in [9.17, 15) is 9.59 Å². The molecule has 0 fully saturated rings. The molecule has 8 nitrogen and oxygen atoms in total. The van der Waals surface area contributed by atoms with Crippen LogP contribution in [-0.4, -0.2) is 34.1 Å². The molecule has 0 saturated carbocycles. The molecule has 1 heterocycles. The highest BCUT2D eigenvalue weighted by molar-refractivity contribution is 9.10. The van der Waals surface area contributed by atoms with Gasteiger partial charge in [-0.2, -0.15) is 9.78 Å². The summed E-state index contributed by atoms with van der Waals surface area (Å²) in [6.45, 7) is 2.19. The van der Waals surface area contributed by atoms with Crippen molar-refractivity contribution in [2.45, 2.75) is 26.4 Å². The van der Waals surface area contributed by atoms with E-state index in [1.54, 1.807) is 30.5 Å². The van der Waals surface area contributed by atoms with E-state index in [4.69, 9.17) is 14.6 Å². The van der Waals surface area contributed by atoms with Crippen LogP contribution in [-0.2, 0) is 13.0 Å². The summed E-state index contributed by atoms with van der Waals surface area (Å²) < 4.78 is 14.5. The molecule has 1 aromatic heterocycles. The Morgan fingerprint density at radius 2 is 1.86 bits per heavy atom. The van der Waals surface area contributed by atoms with Gasteiger partial charge in [-0.3, -0.25) is 4.79 Å². The number of benzene rings is 3. The van der Waals surface area contributed by atoms with Gasteiger partial charge in [0.15, 0.2) is 11.5 Å². The second kappa shape index (κ2) is 11.7. The highest BCUT2D eigenvalue weighted by atomic mass is 79.9. The summed E-state index contributed by atoms with van der Waals surface area (Å²) >= 11 is 6.91. The maximum atomic E-state index is 13.3. The molecule has 1 N–H and O–H groups in total. The molecule has 4 rings (SSSR count). The fourth-order valence-corrected chi connectivity index (χ4v) is 4.52. The second-order valence-electron chi connectivity index (χ2n) is 8.12. The van der Waals surface area contributed by atoms with Gasteiger partial charge < -0.3 is 14.6 Å². The maximum Gasteiger partial charge on any atom is 0.335 e. The molecule has 3 aromatic carbocycles. The Balaban J connectivity index is 1.74. The molecule has 0 unspecified atom stereocenters. The Hall–Kier alpha value is -3.50. The SMILES string of the molecule is CCCc1nc2ccc(Br)cc2c(=O)n1N=Cc1cc(Br)cc(OC)c1OCc1ccc(C(=O)O)cc1. The zero-order valence-electron chi connectivity index (χ0n) is 20.1. The van der Waals surface area contributed by atoms with Gasteiger partial charge in [-0.1, -0.05) is 50.9 Å². The van der Waals surface area contributed by atoms with Crippen LogP contribution in [0.2, 0.25) is 0 Å². The van der Waals surface area contributed by atoms with E-state index in [1.165, 1.54) is 23.9 Å². The average molecular weight is 629 g/mol. The first kappa shape index (κ1) is 26.6. The van der Waals surface area contributed by atoms with Crippen molar-refractivity contribution in [2.75, 3.05) is 7.11 Å². The van der Waals surface area contributed by atoms with E-state index in [-0.39, 0.29) is 17.7 Å². The minimum absolute atomic E-state index is 0.172. The third-order valence-corrected chi connectivity index (χ3v) is 6.46. The van der Waals surface area contributed by atoms with Crippen LogP contribution in [0.4, 0.5) is 0 Å². The molecule has 0 amide bonds. The van der Waals surface area contributed by atoms with E-state index < -0.39 is 5.97 Å². The van der Waals surface area contributed by atoms with E-state index in [0.717, 1.165) is 20.9 Å². The zero-order chi connectivity index (χ0) is 26.5. The highest BCUT2D eigenvalue weighted by Crippen LogP contribution is 2.34. The normalized spacial score (nSPS) is 11.2. The maximum absolute atomic E-state index is 13.3. The molecule has 4 aromatic rings. The average Bonchev–Trinajstić information content (AvgIpc) is 2.88. The van der Waals surface area contributed by atoms with Crippen molar-refractivity contribution in [3.63, 3.8) is 0 Å². The van der Waals surface area contributed by atoms with E-state index in [0.29, 0.717) is 40.2 Å². The molecule has 10 heteroatoms. The molecule has 0 aliphatic rings. The van der Waals surface area contributed by atoms with Crippen molar-refractivity contribution in [3.8, 4) is 11.5 Å². The fraction of sp³-hybridized carbons (Fsp3) is 0.185. The van der Waals surface area contributed by atoms with Crippen LogP contribution in [0, 0.1) is 0 Å². The number of methoxy groups -OCH3 is 1. The largest absolute Gasteiger partial charge is 0.493 e. The first-order valence-corrected chi connectivity index (χ1v) is 13.0. The number of rotatable bonds is 9. The van der Waals surface area contributed by atoms with Gasteiger partial charge in [-0.05, 0) is 54.4 Å². The molecule has 0 aliphatic heterocycles. The summed E-state index contributed by atoms with van der Waals surface area (Å²) in [7, 11) is 1.53. The van der Waals surface area contributed by atoms with Crippen molar-refractivity contribution < 1.29 is 19.4 Å². The van der Waals surface area contributed by atoms with Crippen molar-refractivity contribution in [1.82, 2.24) is 9.66 Å². The molecule has 190 valence electrons. The smallest absolute Gasteiger partial charge is 0.335 e. The van der Waals surface area contributed by atoms with Gasteiger partial charge in [0, 0.05) is 20.9 Å². The molecular weight excluding hydrogens is 606 g/mol. The summed E-state index contributed by atoms with van der Waals surface area (Å²) in [5.74, 6) is 0.466. The van der Waals surface area contributed by atoms with Crippen LogP contribution in [0.1, 0.15) is 40.7 Å². The number of fused-ring (bicyclic) bond motifs is 1. The van der Waals surface area contributed by atoms with Crippen LogP contribution >= 0.6 is 31.9 Å². The molecule has 0 aliphatic carbocycles. The summed E-state index contributed by atoms with van der Waals surface area (Å²) in [5, 5.41) is 14.1. The molecule has 0 saturated heterocycles. The lowest BCUT2D eigenvalue weighted by molar-refractivity contribution is 0.0697. The topological polar surface area (TPSA) is 103 Å². The lowest BCUT2D eigenvalue weighted by Gasteiger charge is -2.14. The van der Waals surface area contributed by atoms with Crippen molar-refractivity contribution in [1.29, 1.82) is 0 Å². The number of aromatic nitrogens is 2. The summed E-state index contributed by atoms with van der Waals surface area (Å²) in [6, 6.07) is 15.4. The van der Waals surface area contributed by atoms with Crippen LogP contribution in [0.5, 0.6) is 11.5 Å². The van der Waals surface area contributed by atoms with Gasteiger partial charge in [0.05, 0.1) is 29.8 Å². The third kappa shape index (κ3) is 6.08. The molecule has 0 bridgehead atoms. The molecular formula is C27H23Br2N3O5. The third-order valence-electron chi connectivity index (χ3n) is 5.51. The van der Waals surface area contributed by atoms with Gasteiger partial charge in [-0.25, -0.2) is 9.78 Å². The van der Waals surface area contributed by atoms with Crippen LogP contribution in [0.3, 0.4) is 0 Å². The van der Waals surface area contributed by atoms with Crippen molar-refractivity contribution in [3.05, 3.63) is 96.4 Å². The summed E-state index contributed by atoms with van der Waals surface area (Å²) in [5.41, 5.74) is 1.90. The van der Waals surface area contributed by atoms with Crippen molar-refractivity contribution >= 4 is 54.9 Å². The van der Waals surface area contributed by atoms with Gasteiger partial charge in [0.2, 0.25) is 0 Å². The van der Waals surface area contributed by atoms with Crippen LogP contribution in [0.15, 0.2) is 73.4 Å². The van der Waals surface area contributed by atoms with Crippen LogP contribution in [0.25, 0.3) is 10.9 Å². The summed E-state index contributed by atoms with van der Waals surface area (Å²) in [4.78, 5) is 29.1. The fourth-order valence-electron chi connectivity index (χ4n) is 3.71. The second-order valence-corrected chi connectivity index (χ2v) is 9.95. The summed E-state index contributed by atoms with van der Waals surface area (Å²) in [6.07, 6.45) is 2.92. The number of carboxylic acids is 1. The number of aromatic carboxylic acids is 1. The number of halogens is 2. The lowest BCUT2D eigenvalue weighted by Crippen LogP contribution is -2.22. The minimum atomic E-state index is -0.992. The Bertz CT molecular complexity index is 1550.